The number of fused-ring (bicyclic) bond motifs is 1. The van der Waals surface area contributed by atoms with Crippen molar-refractivity contribution in [3.8, 4) is 0 Å². The minimum Gasteiger partial charge on any atom is -0.340 e. The monoisotopic (exact) mass is 469 g/mol. The molecular weight excluding hydrogens is 446 g/mol. The number of hydrogen-bond donors (Lipinski definition) is 0. The molecule has 5 aliphatic rings. The van der Waals surface area contributed by atoms with E-state index in [2.05, 4.69) is 34.0 Å². The van der Waals surface area contributed by atoms with Crippen molar-refractivity contribution in [2.45, 2.75) is 19.9 Å². The van der Waals surface area contributed by atoms with Crippen LogP contribution in [0.4, 0.5) is 0 Å². The maximum absolute atomic E-state index is 13.3. The van der Waals surface area contributed by atoms with Crippen molar-refractivity contribution in [3.05, 3.63) is 82.5 Å². The molecule has 0 spiro atoms. The van der Waals surface area contributed by atoms with E-state index in [9.17, 15) is 9.59 Å². The number of nitrogens with zero attached hydrogens (tertiary/aromatic N) is 3. The van der Waals surface area contributed by atoms with Gasteiger partial charge in [0.05, 0.1) is 18.1 Å². The van der Waals surface area contributed by atoms with E-state index in [1.807, 2.05) is 43.3 Å². The molecule has 2 aromatic carbocycles. The van der Waals surface area contributed by atoms with Crippen LogP contribution in [0.3, 0.4) is 0 Å². The van der Waals surface area contributed by atoms with Gasteiger partial charge in [-0.1, -0.05) is 60.2 Å². The van der Waals surface area contributed by atoms with Crippen LogP contribution in [-0.4, -0.2) is 27.6 Å². The number of benzene rings is 2. The molecule has 170 valence electrons. The highest BCUT2D eigenvalue weighted by atomic mass is 35.5. The summed E-state index contributed by atoms with van der Waals surface area (Å²) >= 11 is 6.44. The fraction of sp³-hybridized carbons (Fsp3) is 0.321. The van der Waals surface area contributed by atoms with Gasteiger partial charge in [0.15, 0.2) is 0 Å². The third-order valence-electron chi connectivity index (χ3n) is 8.51. The van der Waals surface area contributed by atoms with E-state index in [4.69, 9.17) is 11.6 Å². The Hall–Kier alpha value is -3.18. The summed E-state index contributed by atoms with van der Waals surface area (Å²) in [6, 6.07) is 16.0. The first-order chi connectivity index (χ1) is 16.5. The summed E-state index contributed by atoms with van der Waals surface area (Å²) in [6.07, 6.45) is 7.23. The number of hydrogen-bond acceptors (Lipinski definition) is 3. The third kappa shape index (κ3) is 2.70. The Kier molecular flexibility index (Phi) is 4.26. The average molecular weight is 470 g/mol. The molecular formula is C28H24ClN3O2. The smallest absolute Gasteiger partial charge is 0.254 e. The zero-order valence-corrected chi connectivity index (χ0v) is 19.5. The lowest BCUT2D eigenvalue weighted by molar-refractivity contribution is -0.140. The largest absolute Gasteiger partial charge is 0.340 e. The fourth-order valence-corrected chi connectivity index (χ4v) is 6.99. The number of hydrazone groups is 1. The van der Waals surface area contributed by atoms with Gasteiger partial charge in [0.2, 0.25) is 0 Å². The van der Waals surface area contributed by atoms with Gasteiger partial charge in [0.25, 0.3) is 11.8 Å². The van der Waals surface area contributed by atoms with Crippen molar-refractivity contribution >= 4 is 40.5 Å². The van der Waals surface area contributed by atoms with Gasteiger partial charge in [0.1, 0.15) is 0 Å². The molecule has 3 aromatic rings. The van der Waals surface area contributed by atoms with E-state index >= 15 is 0 Å². The second-order valence-electron chi connectivity index (χ2n) is 10.1. The molecule has 0 N–H and O–H groups in total. The van der Waals surface area contributed by atoms with Crippen molar-refractivity contribution in [1.29, 1.82) is 0 Å². The Labute approximate surface area is 202 Å². The first-order valence-electron chi connectivity index (χ1n) is 12.0. The van der Waals surface area contributed by atoms with Gasteiger partial charge in [-0.05, 0) is 54.7 Å². The Morgan fingerprint density at radius 3 is 2.32 bits per heavy atom. The zero-order chi connectivity index (χ0) is 23.1. The highest BCUT2D eigenvalue weighted by Gasteiger charge is 2.67. The van der Waals surface area contributed by atoms with Crippen LogP contribution in [0.25, 0.3) is 10.9 Å². The van der Waals surface area contributed by atoms with E-state index in [1.165, 1.54) is 0 Å². The molecule has 8 rings (SSSR count). The number of allylic oxidation sites excluding steroid dienone is 2. The molecule has 2 saturated carbocycles. The van der Waals surface area contributed by atoms with Gasteiger partial charge >= 0.3 is 0 Å². The summed E-state index contributed by atoms with van der Waals surface area (Å²) in [5.41, 5.74) is 4.04. The lowest BCUT2D eigenvalue weighted by Crippen LogP contribution is -2.40. The maximum Gasteiger partial charge on any atom is 0.254 e. The summed E-state index contributed by atoms with van der Waals surface area (Å²) in [5.74, 6) is 0.856. The number of carbonyl (C=O) groups is 2. The molecule has 1 aliphatic heterocycles. The molecule has 1 aromatic heterocycles. The first kappa shape index (κ1) is 20.2. The summed E-state index contributed by atoms with van der Waals surface area (Å²) < 4.78 is 2.21. The lowest BCUT2D eigenvalue weighted by Gasteiger charge is -2.37. The van der Waals surface area contributed by atoms with E-state index < -0.39 is 0 Å². The highest BCUT2D eigenvalue weighted by Crippen LogP contribution is 2.65. The number of imide groups is 1. The van der Waals surface area contributed by atoms with Crippen molar-refractivity contribution in [3.63, 3.8) is 0 Å². The second-order valence-corrected chi connectivity index (χ2v) is 10.5. The van der Waals surface area contributed by atoms with Gasteiger partial charge < -0.3 is 4.57 Å². The topological polar surface area (TPSA) is 54.7 Å². The number of carbonyl (C=O) groups excluding carboxylic acids is 2. The van der Waals surface area contributed by atoms with Gasteiger partial charge in [0, 0.05) is 33.7 Å². The molecule has 5 nitrogen and oxygen atoms in total. The van der Waals surface area contributed by atoms with Crippen LogP contribution in [0.1, 0.15) is 23.2 Å². The number of rotatable bonds is 4. The lowest BCUT2D eigenvalue weighted by atomic mass is 9.63. The molecule has 4 aliphatic carbocycles. The van der Waals surface area contributed by atoms with E-state index in [0.717, 1.165) is 44.2 Å². The highest BCUT2D eigenvalue weighted by molar-refractivity contribution is 6.31. The van der Waals surface area contributed by atoms with Crippen molar-refractivity contribution in [2.75, 3.05) is 0 Å². The van der Waals surface area contributed by atoms with Crippen molar-refractivity contribution < 1.29 is 9.59 Å². The maximum atomic E-state index is 13.3. The molecule has 1 saturated heterocycles. The third-order valence-corrected chi connectivity index (χ3v) is 8.88. The van der Waals surface area contributed by atoms with E-state index in [-0.39, 0.29) is 35.5 Å². The zero-order valence-electron chi connectivity index (χ0n) is 18.8. The molecule has 2 amide bonds. The van der Waals surface area contributed by atoms with Crippen LogP contribution in [0, 0.1) is 42.4 Å². The van der Waals surface area contributed by atoms with Crippen LogP contribution in [0.15, 0.2) is 65.8 Å². The van der Waals surface area contributed by atoms with Crippen LogP contribution >= 0.6 is 11.6 Å². The molecule has 34 heavy (non-hydrogen) atoms. The quantitative estimate of drug-likeness (QED) is 0.305. The van der Waals surface area contributed by atoms with Crippen LogP contribution in [-0.2, 0) is 16.1 Å². The number of aromatic nitrogens is 1. The molecule has 0 radical (unpaired) electrons. The van der Waals surface area contributed by atoms with Crippen LogP contribution < -0.4 is 0 Å². The van der Waals surface area contributed by atoms with E-state index in [1.54, 1.807) is 6.21 Å². The standard InChI is InChI=1S/C28H24ClN3O2/c1-15-22(17-7-3-5-9-24(17)31(15)14-16-6-2-4-8-23(16)29)13-30-32-27(33)25-18-10-11-19(21-12-20(18)21)26(25)28(32)34/h2-11,13,18-21,25-26H,12,14H2,1H3/b30-13-/t18-,19+,20-,21-,25+,26+/m1/s1. The molecule has 2 heterocycles. The summed E-state index contributed by atoms with van der Waals surface area (Å²) in [6.45, 7) is 2.67. The molecule has 0 unspecified atom stereocenters. The summed E-state index contributed by atoms with van der Waals surface area (Å²) in [4.78, 5) is 26.6. The van der Waals surface area contributed by atoms with Gasteiger partial charge in [-0.2, -0.15) is 10.1 Å². The number of para-hydroxylation sites is 1. The fourth-order valence-electron chi connectivity index (χ4n) is 6.79. The number of amides is 2. The molecule has 3 fully saturated rings. The molecule has 6 atom stereocenters. The Balaban J connectivity index is 1.25. The van der Waals surface area contributed by atoms with Crippen LogP contribution in [0.5, 0.6) is 0 Å². The van der Waals surface area contributed by atoms with Crippen LogP contribution in [0.2, 0.25) is 5.02 Å². The van der Waals surface area contributed by atoms with Gasteiger partial charge in [-0.15, -0.1) is 0 Å². The predicted octanol–water partition coefficient (Wildman–Crippen LogP) is 5.04. The van der Waals surface area contributed by atoms with Gasteiger partial charge in [-0.25, -0.2) is 0 Å². The minimum atomic E-state index is -0.230. The number of halogens is 1. The minimum absolute atomic E-state index is 0.131. The SMILES string of the molecule is Cc1c(/C=N\N2C(=O)[C@H]3[C@@H]4C=C[C@@H]([C@H]5C[C@H]45)[C@@H]3C2=O)c2ccccc2n1Cc1ccccc1Cl. The molecule has 6 heteroatoms. The Morgan fingerprint density at radius 1 is 0.971 bits per heavy atom. The Bertz CT molecular complexity index is 1400. The van der Waals surface area contributed by atoms with E-state index in [0.29, 0.717) is 18.4 Å². The summed E-state index contributed by atoms with van der Waals surface area (Å²) in [7, 11) is 0. The normalized spacial score (nSPS) is 31.1. The second kappa shape index (κ2) is 7.16. The molecule has 2 bridgehead atoms. The average Bonchev–Trinajstić information content (AvgIpc) is 3.59. The van der Waals surface area contributed by atoms with Gasteiger partial charge in [-0.3, -0.25) is 9.59 Å². The Morgan fingerprint density at radius 2 is 1.62 bits per heavy atom. The first-order valence-corrected chi connectivity index (χ1v) is 12.3. The predicted molar refractivity (Wildman–Crippen MR) is 131 cm³/mol. The summed E-state index contributed by atoms with van der Waals surface area (Å²) in [5, 5.41) is 7.43. The van der Waals surface area contributed by atoms with Crippen molar-refractivity contribution in [2.24, 2.45) is 40.6 Å². The van der Waals surface area contributed by atoms with Crippen molar-refractivity contribution in [1.82, 2.24) is 9.58 Å².